The third kappa shape index (κ3) is 6.94. The van der Waals surface area contributed by atoms with Crippen LogP contribution in [0.2, 0.25) is 0 Å². The summed E-state index contributed by atoms with van der Waals surface area (Å²) in [5.74, 6) is -0.538. The van der Waals surface area contributed by atoms with E-state index in [9.17, 15) is 36.4 Å². The van der Waals surface area contributed by atoms with Gasteiger partial charge < -0.3 is 19.9 Å². The van der Waals surface area contributed by atoms with Crippen molar-refractivity contribution in [2.75, 3.05) is 30.5 Å². The maximum absolute atomic E-state index is 14.3. The van der Waals surface area contributed by atoms with Gasteiger partial charge in [0, 0.05) is 44.4 Å². The Morgan fingerprint density at radius 2 is 1.80 bits per heavy atom. The van der Waals surface area contributed by atoms with Crippen LogP contribution in [0.1, 0.15) is 45.5 Å². The molecule has 0 radical (unpaired) electrons. The van der Waals surface area contributed by atoms with E-state index in [1.165, 1.54) is 42.3 Å². The summed E-state index contributed by atoms with van der Waals surface area (Å²) in [6.07, 6.45) is -7.08. The Labute approximate surface area is 276 Å². The molecule has 1 amide bonds. The molecule has 0 unspecified atom stereocenters. The summed E-state index contributed by atoms with van der Waals surface area (Å²) in [7, 11) is 3.12. The Kier molecular flexibility index (Phi) is 9.07. The molecule has 3 heterocycles. The second kappa shape index (κ2) is 13.1. The average Bonchev–Trinajstić information content (AvgIpc) is 3.61. The number of pyridine rings is 1. The van der Waals surface area contributed by atoms with Crippen molar-refractivity contribution in [3.05, 3.63) is 76.6 Å². The van der Waals surface area contributed by atoms with E-state index in [2.05, 4.69) is 31.9 Å². The Bertz CT molecular complexity index is 1930. The van der Waals surface area contributed by atoms with Crippen molar-refractivity contribution in [3.63, 3.8) is 0 Å². The largest absolute Gasteiger partial charge is 0.416 e. The normalized spacial score (nSPS) is 17.5. The highest BCUT2D eigenvalue weighted by atomic mass is 19.4. The van der Waals surface area contributed by atoms with Gasteiger partial charge in [0.05, 0.1) is 36.3 Å². The number of aryl methyl sites for hydroxylation is 1. The number of fused-ring (bicyclic) bond motifs is 1. The fraction of sp³-hybridized carbons (Fsp3) is 0.364. The van der Waals surface area contributed by atoms with Gasteiger partial charge in [0.15, 0.2) is 5.82 Å². The van der Waals surface area contributed by atoms with Crippen LogP contribution in [-0.2, 0) is 37.2 Å². The number of carbonyl (C=O) groups excluding carboxylic acids is 1. The van der Waals surface area contributed by atoms with Gasteiger partial charge in [-0.25, -0.2) is 4.98 Å². The fourth-order valence-corrected chi connectivity index (χ4v) is 6.03. The minimum absolute atomic E-state index is 0.0558. The molecule has 1 fully saturated rings. The number of anilines is 2. The topological polar surface area (TPSA) is 121 Å². The van der Waals surface area contributed by atoms with Crippen molar-refractivity contribution in [2.24, 2.45) is 13.0 Å². The van der Waals surface area contributed by atoms with Gasteiger partial charge in [0.25, 0.3) is 5.91 Å². The molecule has 10 nitrogen and oxygen atoms in total. The molecule has 16 heteroatoms. The zero-order valence-corrected chi connectivity index (χ0v) is 26.3. The summed E-state index contributed by atoms with van der Waals surface area (Å²) >= 11 is 0. The summed E-state index contributed by atoms with van der Waals surface area (Å²) in [6.45, 7) is 0.309. The van der Waals surface area contributed by atoms with E-state index < -0.39 is 35.9 Å². The molecule has 2 aromatic heterocycles. The van der Waals surface area contributed by atoms with Gasteiger partial charge in [0.1, 0.15) is 18.0 Å². The maximum Gasteiger partial charge on any atom is 0.416 e. The van der Waals surface area contributed by atoms with Crippen LogP contribution < -0.4 is 15.5 Å². The standard InChI is InChI=1S/C33H30F6N8O2/c1-46-17-42-45-30(46)23-4-3-21(32(34,35)36)13-24(23)20-11-28(43-22-7-18(8-22)14-40)44-29(12-20)47-16-26-25(31(47)48)9-19(15-41-5-6-49-2)10-27(26)33(37,38)39/h3-4,9-13,17-18,22,41H,5-8,15-16H2,1-2H3,(H,43,44). The number of ether oxygens (including phenoxy) is 1. The Morgan fingerprint density at radius 1 is 1.02 bits per heavy atom. The fourth-order valence-electron chi connectivity index (χ4n) is 6.03. The monoisotopic (exact) mass is 684 g/mol. The van der Waals surface area contributed by atoms with Crippen LogP contribution in [0, 0.1) is 17.2 Å². The van der Waals surface area contributed by atoms with Crippen LogP contribution in [0.15, 0.2) is 48.8 Å². The molecule has 0 atom stereocenters. The lowest BCUT2D eigenvalue weighted by Crippen LogP contribution is -2.35. The molecule has 0 spiro atoms. The van der Waals surface area contributed by atoms with Crippen LogP contribution in [0.3, 0.4) is 0 Å². The number of hydrogen-bond acceptors (Lipinski definition) is 8. The van der Waals surface area contributed by atoms with Crippen molar-refractivity contribution in [1.82, 2.24) is 25.1 Å². The van der Waals surface area contributed by atoms with E-state index in [1.807, 2.05) is 0 Å². The molecular weight excluding hydrogens is 654 g/mol. The summed E-state index contributed by atoms with van der Waals surface area (Å²) < 4.78 is 91.5. The van der Waals surface area contributed by atoms with Gasteiger partial charge in [-0.15, -0.1) is 10.2 Å². The van der Waals surface area contributed by atoms with Crippen molar-refractivity contribution in [3.8, 4) is 28.6 Å². The van der Waals surface area contributed by atoms with Gasteiger partial charge in [-0.3, -0.25) is 9.69 Å². The summed E-state index contributed by atoms with van der Waals surface area (Å²) in [4.78, 5) is 19.5. The van der Waals surface area contributed by atoms with E-state index in [4.69, 9.17) is 4.74 Å². The first-order valence-corrected chi connectivity index (χ1v) is 15.3. The number of rotatable bonds is 10. The first-order valence-electron chi connectivity index (χ1n) is 15.3. The molecule has 1 aliphatic heterocycles. The number of nitrogens with zero attached hydrogens (tertiary/aromatic N) is 6. The summed E-state index contributed by atoms with van der Waals surface area (Å²) in [5, 5.41) is 23.3. The molecule has 6 rings (SSSR count). The minimum atomic E-state index is -4.77. The van der Waals surface area contributed by atoms with Gasteiger partial charge in [-0.05, 0) is 77.6 Å². The number of benzene rings is 2. The molecule has 2 aromatic carbocycles. The molecule has 0 saturated heterocycles. The molecule has 2 aliphatic rings. The van der Waals surface area contributed by atoms with Crippen molar-refractivity contribution >= 4 is 17.5 Å². The zero-order valence-electron chi connectivity index (χ0n) is 26.3. The molecule has 256 valence electrons. The van der Waals surface area contributed by atoms with Gasteiger partial charge in [-0.2, -0.15) is 31.6 Å². The number of alkyl halides is 6. The number of nitriles is 1. The van der Waals surface area contributed by atoms with Crippen LogP contribution >= 0.6 is 0 Å². The molecule has 49 heavy (non-hydrogen) atoms. The van der Waals surface area contributed by atoms with E-state index in [0.717, 1.165) is 23.1 Å². The average molecular weight is 685 g/mol. The Hall–Kier alpha value is -5.01. The number of aromatic nitrogens is 4. The molecule has 4 aromatic rings. The van der Waals surface area contributed by atoms with Crippen molar-refractivity contribution < 1.29 is 35.9 Å². The SMILES string of the molecule is COCCNCc1cc2c(c(C(F)(F)F)c1)CN(c1cc(-c3cc(C(F)(F)F)ccc3-c3nncn3C)cc(NC3CC(C#N)C3)n1)C2=O. The quantitative estimate of drug-likeness (QED) is 0.150. The summed E-state index contributed by atoms with van der Waals surface area (Å²) in [6, 6.07) is 10.4. The number of nitrogens with one attached hydrogen (secondary N) is 2. The van der Waals surface area contributed by atoms with E-state index in [-0.39, 0.29) is 63.8 Å². The van der Waals surface area contributed by atoms with E-state index in [1.54, 1.807) is 7.05 Å². The van der Waals surface area contributed by atoms with E-state index in [0.29, 0.717) is 31.6 Å². The van der Waals surface area contributed by atoms with Crippen LogP contribution in [-0.4, -0.2) is 52.0 Å². The molecule has 1 saturated carbocycles. The zero-order chi connectivity index (χ0) is 35.1. The lowest BCUT2D eigenvalue weighted by atomic mass is 9.81. The Balaban J connectivity index is 1.46. The minimum Gasteiger partial charge on any atom is -0.383 e. The molecule has 1 aliphatic carbocycles. The maximum atomic E-state index is 14.3. The highest BCUT2D eigenvalue weighted by Crippen LogP contribution is 2.42. The highest BCUT2D eigenvalue weighted by molar-refractivity contribution is 6.10. The molecule has 0 bridgehead atoms. The smallest absolute Gasteiger partial charge is 0.383 e. The van der Waals surface area contributed by atoms with E-state index >= 15 is 0 Å². The Morgan fingerprint density at radius 3 is 2.45 bits per heavy atom. The summed E-state index contributed by atoms with van der Waals surface area (Å²) in [5.41, 5.74) is -1.44. The number of carbonyl (C=O) groups is 1. The van der Waals surface area contributed by atoms with Gasteiger partial charge in [0.2, 0.25) is 0 Å². The molecular formula is C33H30F6N8O2. The number of amides is 1. The number of hydrogen-bond donors (Lipinski definition) is 2. The first kappa shape index (κ1) is 33.9. The number of halogens is 6. The second-order valence-corrected chi connectivity index (χ2v) is 12.0. The van der Waals surface area contributed by atoms with Gasteiger partial charge >= 0.3 is 12.4 Å². The molecule has 2 N–H and O–H groups in total. The predicted octanol–water partition coefficient (Wildman–Crippen LogP) is 6.19. The van der Waals surface area contributed by atoms with Crippen LogP contribution in [0.5, 0.6) is 0 Å². The lowest BCUT2D eigenvalue weighted by molar-refractivity contribution is -0.138. The third-order valence-electron chi connectivity index (χ3n) is 8.59. The first-order chi connectivity index (χ1) is 23.3. The van der Waals surface area contributed by atoms with Crippen LogP contribution in [0.4, 0.5) is 38.0 Å². The van der Waals surface area contributed by atoms with Gasteiger partial charge in [-0.1, -0.05) is 0 Å². The van der Waals surface area contributed by atoms with Crippen molar-refractivity contribution in [1.29, 1.82) is 5.26 Å². The highest BCUT2D eigenvalue weighted by Gasteiger charge is 2.41. The third-order valence-corrected chi connectivity index (χ3v) is 8.59. The van der Waals surface area contributed by atoms with Crippen molar-refractivity contribution in [2.45, 2.75) is 44.3 Å². The predicted molar refractivity (Wildman–Crippen MR) is 166 cm³/mol. The van der Waals surface area contributed by atoms with Crippen LogP contribution in [0.25, 0.3) is 22.5 Å². The number of methoxy groups -OCH3 is 1. The lowest BCUT2D eigenvalue weighted by Gasteiger charge is -2.32. The second-order valence-electron chi connectivity index (χ2n) is 12.0.